The molecule has 2 atom stereocenters. The van der Waals surface area contributed by atoms with Crippen LogP contribution in [0.3, 0.4) is 0 Å². The van der Waals surface area contributed by atoms with Gasteiger partial charge >= 0.3 is 17.8 Å². The van der Waals surface area contributed by atoms with Gasteiger partial charge in [-0.2, -0.15) is 26.3 Å². The van der Waals surface area contributed by atoms with E-state index in [0.717, 1.165) is 65.3 Å². The van der Waals surface area contributed by atoms with Crippen LogP contribution in [0.5, 0.6) is 23.0 Å². The van der Waals surface area contributed by atoms with Crippen molar-refractivity contribution in [1.29, 1.82) is 0 Å². The number of ether oxygens (including phenoxy) is 4. The summed E-state index contributed by atoms with van der Waals surface area (Å²) in [5, 5.41) is 7.43. The van der Waals surface area contributed by atoms with Crippen LogP contribution in [0.15, 0.2) is 190 Å². The zero-order chi connectivity index (χ0) is 50.7. The molecule has 0 N–H and O–H groups in total. The monoisotopic (exact) mass is 1020 g/mol. The lowest BCUT2D eigenvalue weighted by Crippen LogP contribution is -2.49. The quantitative estimate of drug-likeness (QED) is 0.114. The third kappa shape index (κ3) is 6.92. The highest BCUT2D eigenvalue weighted by Gasteiger charge is 2.84. The first-order valence-electron chi connectivity index (χ1n) is 24.1. The molecule has 0 bridgehead atoms. The first kappa shape index (κ1) is 47.3. The van der Waals surface area contributed by atoms with Gasteiger partial charge in [0.2, 0.25) is 0 Å². The molecule has 4 aliphatic rings. The van der Waals surface area contributed by atoms with Gasteiger partial charge in [-0.1, -0.05) is 121 Å². The predicted molar refractivity (Wildman–Crippen MR) is 284 cm³/mol. The number of thioether (sulfide) groups is 2. The van der Waals surface area contributed by atoms with Crippen molar-refractivity contribution in [2.24, 2.45) is 0 Å². The lowest BCUT2D eigenvalue weighted by atomic mass is 9.71. The van der Waals surface area contributed by atoms with Crippen LogP contribution in [0.2, 0.25) is 0 Å². The van der Waals surface area contributed by atoms with Gasteiger partial charge < -0.3 is 18.9 Å². The molecular weight excluding hydrogens is 975 g/mol. The molecule has 1 saturated carbocycles. The molecule has 12 heteroatoms. The summed E-state index contributed by atoms with van der Waals surface area (Å²) < 4.78 is 121. The van der Waals surface area contributed by atoms with E-state index >= 15 is 26.3 Å². The van der Waals surface area contributed by atoms with Gasteiger partial charge in [0.1, 0.15) is 36.2 Å². The fraction of sp³-hybridized carbons (Fsp3) is 0.213. The zero-order valence-corrected chi connectivity index (χ0v) is 41.7. The Kier molecular flexibility index (Phi) is 11.1. The number of hydrogen-bond acceptors (Lipinski definition) is 6. The lowest BCUT2D eigenvalue weighted by Gasteiger charge is -2.47. The molecule has 8 aromatic carbocycles. The smallest absolute Gasteiger partial charge is 0.380 e. The molecule has 2 aliphatic carbocycles. The normalized spacial score (nSPS) is 21.3. The molecule has 2 heterocycles. The highest BCUT2D eigenvalue weighted by atomic mass is 32.2. The summed E-state index contributed by atoms with van der Waals surface area (Å²) in [4.78, 5) is 0.823. The molecule has 2 aliphatic heterocycles. The topological polar surface area (TPSA) is 36.9 Å². The highest BCUT2D eigenvalue weighted by molar-refractivity contribution is 8.09. The first-order valence-corrected chi connectivity index (χ1v) is 25.8. The molecule has 8 aromatic rings. The van der Waals surface area contributed by atoms with Crippen LogP contribution in [-0.2, 0) is 0 Å². The summed E-state index contributed by atoms with van der Waals surface area (Å²) in [7, 11) is 0. The molecule has 73 heavy (non-hydrogen) atoms. The summed E-state index contributed by atoms with van der Waals surface area (Å²) >= 11 is 2.35. The largest absolute Gasteiger partial charge is 0.493 e. The Morgan fingerprint density at radius 1 is 0.384 bits per heavy atom. The summed E-state index contributed by atoms with van der Waals surface area (Å²) in [6, 6.07) is 47.0. The summed E-state index contributed by atoms with van der Waals surface area (Å²) in [5.74, 6) is -13.9. The maximum absolute atomic E-state index is 16.5. The van der Waals surface area contributed by atoms with E-state index < -0.39 is 38.4 Å². The molecule has 0 radical (unpaired) electrons. The van der Waals surface area contributed by atoms with E-state index in [2.05, 4.69) is 0 Å². The van der Waals surface area contributed by atoms with E-state index in [0.29, 0.717) is 46.0 Å². The van der Waals surface area contributed by atoms with Crippen LogP contribution >= 0.6 is 23.5 Å². The second kappa shape index (κ2) is 17.2. The van der Waals surface area contributed by atoms with Crippen molar-refractivity contribution in [3.05, 3.63) is 190 Å². The van der Waals surface area contributed by atoms with E-state index in [-0.39, 0.29) is 24.4 Å². The Morgan fingerprint density at radius 3 is 0.973 bits per heavy atom. The SMILES string of the molecule is CCOc1ccc2ccccc2c1-c1c(OCC2=CC3=C4C(=C5C=C(COc6ccc7ccccc7c6-c6c(OCC)ccc7ccccc67)SC5(C)C3(C)S2)C(F)(F)C(F)(F)C4(F)F)ccc2ccccc12. The fourth-order valence-corrected chi connectivity index (χ4v) is 14.4. The van der Waals surface area contributed by atoms with Crippen molar-refractivity contribution in [3.8, 4) is 45.3 Å². The zero-order valence-electron chi connectivity index (χ0n) is 40.1. The van der Waals surface area contributed by atoms with Crippen molar-refractivity contribution in [2.75, 3.05) is 26.4 Å². The maximum atomic E-state index is 16.5. The second-order valence-electron chi connectivity index (χ2n) is 18.9. The van der Waals surface area contributed by atoms with Gasteiger partial charge in [0.15, 0.2) is 0 Å². The molecule has 12 rings (SSSR count). The Hall–Kier alpha value is -6.76. The van der Waals surface area contributed by atoms with Crippen LogP contribution in [0.25, 0.3) is 65.3 Å². The van der Waals surface area contributed by atoms with Crippen LogP contribution in [-0.4, -0.2) is 53.7 Å². The Bertz CT molecular complexity index is 3520. The average Bonchev–Trinajstić information content (AvgIpc) is 3.96. The number of alkyl halides is 6. The Balaban J connectivity index is 0.936. The van der Waals surface area contributed by atoms with Crippen molar-refractivity contribution >= 4 is 66.6 Å². The van der Waals surface area contributed by atoms with Crippen molar-refractivity contribution in [1.82, 2.24) is 0 Å². The number of allylic oxidation sites excluding steroid dienone is 4. The minimum atomic E-state index is -5.71. The molecule has 2 unspecified atom stereocenters. The number of rotatable bonds is 12. The Labute approximate surface area is 426 Å². The van der Waals surface area contributed by atoms with Crippen LogP contribution in [0.4, 0.5) is 26.3 Å². The highest BCUT2D eigenvalue weighted by Crippen LogP contribution is 2.74. The maximum Gasteiger partial charge on any atom is 0.380 e. The van der Waals surface area contributed by atoms with E-state index in [1.54, 1.807) is 13.8 Å². The number of fused-ring (bicyclic) bond motifs is 8. The molecule has 0 saturated heterocycles. The lowest BCUT2D eigenvalue weighted by molar-refractivity contribution is -0.258. The Morgan fingerprint density at radius 2 is 0.671 bits per heavy atom. The molecule has 1 fully saturated rings. The predicted octanol–water partition coefficient (Wildman–Crippen LogP) is 17.2. The number of hydrogen-bond donors (Lipinski definition) is 0. The van der Waals surface area contributed by atoms with Crippen LogP contribution in [0, 0.1) is 0 Å². The van der Waals surface area contributed by atoms with Gasteiger partial charge in [-0.25, -0.2) is 0 Å². The van der Waals surface area contributed by atoms with E-state index in [1.807, 2.05) is 159 Å². The third-order valence-corrected chi connectivity index (χ3v) is 18.0. The average molecular weight is 1020 g/mol. The second-order valence-corrected chi connectivity index (χ2v) is 22.0. The van der Waals surface area contributed by atoms with E-state index in [1.165, 1.54) is 35.7 Å². The van der Waals surface area contributed by atoms with Gasteiger partial charge in [-0.15, -0.1) is 23.5 Å². The summed E-state index contributed by atoms with van der Waals surface area (Å²) in [6.07, 6.45) is 2.74. The van der Waals surface area contributed by atoms with Crippen molar-refractivity contribution in [2.45, 2.75) is 55.0 Å². The van der Waals surface area contributed by atoms with Gasteiger partial charge in [-0.3, -0.25) is 0 Å². The van der Waals surface area contributed by atoms with Crippen LogP contribution < -0.4 is 18.9 Å². The minimum absolute atomic E-state index is 0.174. The van der Waals surface area contributed by atoms with E-state index in [9.17, 15) is 0 Å². The molecule has 0 aromatic heterocycles. The van der Waals surface area contributed by atoms with Crippen molar-refractivity contribution in [3.63, 3.8) is 0 Å². The molecular formula is C61H46F6O4S2. The van der Waals surface area contributed by atoms with Crippen molar-refractivity contribution < 1.29 is 45.3 Å². The molecule has 4 nitrogen and oxygen atoms in total. The fourth-order valence-electron chi connectivity index (χ4n) is 11.3. The number of halogens is 6. The minimum Gasteiger partial charge on any atom is -0.493 e. The standard InChI is InChI=1S/C61H46F6O4S2/c1-5-68-47-27-23-35-15-7-11-19-41(35)51(47)53-43-21-13-9-17-37(43)25-29-49(53)70-33-39-31-45-55-56(60(64,65)61(66,67)59(55,62)63)46-32-40(73-58(46,4)57(45,3)72-39)34-71-50-30-26-38-18-10-14-22-44(38)54(50)52-42-20-12-8-16-36(42)24-28-48(52)69-6-2/h7-32H,5-6,33-34H2,1-4H3. The number of benzene rings is 8. The van der Waals surface area contributed by atoms with Gasteiger partial charge in [0.05, 0.1) is 22.7 Å². The molecule has 0 spiro atoms. The summed E-state index contributed by atoms with van der Waals surface area (Å²) in [5.41, 5.74) is -0.115. The molecule has 368 valence electrons. The summed E-state index contributed by atoms with van der Waals surface area (Å²) in [6.45, 7) is 7.63. The van der Waals surface area contributed by atoms with Gasteiger partial charge in [0.25, 0.3) is 0 Å². The van der Waals surface area contributed by atoms with Crippen LogP contribution in [0.1, 0.15) is 27.7 Å². The van der Waals surface area contributed by atoms with E-state index in [4.69, 9.17) is 18.9 Å². The molecule has 0 amide bonds. The first-order chi connectivity index (χ1) is 35.1. The third-order valence-electron chi connectivity index (χ3n) is 14.8. The van der Waals surface area contributed by atoms with Gasteiger partial charge in [-0.05, 0) is 118 Å². The van der Waals surface area contributed by atoms with Gasteiger partial charge in [0, 0.05) is 43.2 Å².